The fourth-order valence-electron chi connectivity index (χ4n) is 11.9. The van der Waals surface area contributed by atoms with Gasteiger partial charge in [0.1, 0.15) is 0 Å². The molecule has 0 spiro atoms. The highest BCUT2D eigenvalue weighted by atomic mass is 16.2. The summed E-state index contributed by atoms with van der Waals surface area (Å²) in [7, 11) is 0. The second kappa shape index (κ2) is 16.9. The van der Waals surface area contributed by atoms with E-state index in [0.717, 1.165) is 54.4 Å². The number of amides is 4. The first-order valence-electron chi connectivity index (χ1n) is 24.8. The van der Waals surface area contributed by atoms with Gasteiger partial charge >= 0.3 is 0 Å². The van der Waals surface area contributed by atoms with Crippen molar-refractivity contribution in [3.05, 3.63) is 257 Å². The molecule has 15 rings (SSSR count). The molecule has 2 aliphatic heterocycles. The van der Waals surface area contributed by atoms with Crippen LogP contribution in [-0.2, 0) is 0 Å². The van der Waals surface area contributed by atoms with Gasteiger partial charge in [-0.25, -0.2) is 19.9 Å². The normalized spacial score (nSPS) is 13.4. The number of benzene rings is 13. The highest BCUT2D eigenvalue weighted by Crippen LogP contribution is 2.48. The molecule has 2 heterocycles. The number of carbonyl (C=O) groups excluding carboxylic acids is 4. The molecule has 0 radical (unpaired) electrons. The molecule has 2 aliphatic rings. The summed E-state index contributed by atoms with van der Waals surface area (Å²) in [5.41, 5.74) is 8.47. The Kier molecular flexibility index (Phi) is 9.77. The Morgan fingerprint density at radius 1 is 0.382 bits per heavy atom. The van der Waals surface area contributed by atoms with Crippen molar-refractivity contribution in [1.82, 2.24) is 0 Å². The number of fused-ring (bicyclic) bond motifs is 2. The van der Waals surface area contributed by atoms with E-state index in [1.807, 2.05) is 66.7 Å². The van der Waals surface area contributed by atoms with E-state index < -0.39 is 0 Å². The van der Waals surface area contributed by atoms with E-state index >= 15 is 0 Å². The molecule has 0 saturated heterocycles. The average molecular weight is 973 g/mol. The van der Waals surface area contributed by atoms with Gasteiger partial charge in [0.2, 0.25) is 0 Å². The van der Waals surface area contributed by atoms with E-state index in [0.29, 0.717) is 44.4 Å². The summed E-state index contributed by atoms with van der Waals surface area (Å²) in [6, 6.07) is 70.7. The van der Waals surface area contributed by atoms with Crippen LogP contribution in [0.2, 0.25) is 0 Å². The molecule has 0 fully saturated rings. The highest BCUT2D eigenvalue weighted by Gasteiger charge is 2.38. The lowest BCUT2D eigenvalue weighted by molar-refractivity contribution is 0.0877. The second-order valence-electron chi connectivity index (χ2n) is 19.1. The number of carbonyl (C=O) groups is 4. The number of nitrogens with zero attached hydrogens (tertiary/aromatic N) is 4. The van der Waals surface area contributed by atoms with E-state index in [1.54, 1.807) is 78.9 Å². The standard InChI is InChI=1S/C36H18N2O4.C32H18N2/c39-33-25-15-11-21-23-13-17-27-32-28(36(42)38(35(27)41)20-9-5-2-6-10-20)18-14-24(30(23)32)22-12-16-26(31(25)29(21)22)34(40)37(33)19-7-3-1-4-8-19;1-34-25(20-33)18-24-19-30(22-10-6-3-7-11-22)29-15-13-23-12-14-26(21-8-4-2-5-9-21)28-17-16-27(24)32(29)31(23)28/h1-18H;2-19H/b;25-18-. The van der Waals surface area contributed by atoms with Crippen LogP contribution in [0, 0.1) is 17.9 Å². The largest absolute Gasteiger partial charge is 0.268 e. The van der Waals surface area contributed by atoms with Gasteiger partial charge < -0.3 is 0 Å². The zero-order chi connectivity index (χ0) is 51.3. The van der Waals surface area contributed by atoms with Gasteiger partial charge in [-0.05, 0) is 153 Å². The number of rotatable bonds is 5. The molecule has 8 nitrogen and oxygen atoms in total. The molecule has 13 aromatic carbocycles. The van der Waals surface area contributed by atoms with Crippen LogP contribution < -0.4 is 9.80 Å². The van der Waals surface area contributed by atoms with Gasteiger partial charge in [0.25, 0.3) is 29.3 Å². The summed E-state index contributed by atoms with van der Waals surface area (Å²) in [4.78, 5) is 60.9. The highest BCUT2D eigenvalue weighted by molar-refractivity contribution is 6.45. The van der Waals surface area contributed by atoms with Crippen molar-refractivity contribution in [2.75, 3.05) is 9.80 Å². The summed E-state index contributed by atoms with van der Waals surface area (Å²) >= 11 is 0. The van der Waals surface area contributed by atoms with Crippen LogP contribution in [0.5, 0.6) is 0 Å². The monoisotopic (exact) mass is 972 g/mol. The molecule has 0 aliphatic carbocycles. The Labute approximate surface area is 434 Å². The lowest BCUT2D eigenvalue weighted by atomic mass is 9.82. The van der Waals surface area contributed by atoms with Crippen molar-refractivity contribution < 1.29 is 19.2 Å². The molecule has 13 aromatic rings. The van der Waals surface area contributed by atoms with E-state index in [-0.39, 0.29) is 29.3 Å². The summed E-state index contributed by atoms with van der Waals surface area (Å²) in [5, 5.41) is 22.8. The number of nitriles is 1. The Hall–Kier alpha value is -10.8. The zero-order valence-corrected chi connectivity index (χ0v) is 40.2. The molecule has 352 valence electrons. The van der Waals surface area contributed by atoms with Crippen LogP contribution in [0.25, 0.3) is 109 Å². The van der Waals surface area contributed by atoms with Crippen molar-refractivity contribution >= 4 is 116 Å². The minimum atomic E-state index is -0.365. The molecule has 0 saturated carbocycles. The lowest BCUT2D eigenvalue weighted by Crippen LogP contribution is -2.40. The number of imide groups is 2. The maximum atomic E-state index is 13.8. The minimum absolute atomic E-state index is 0.0824. The number of anilines is 2. The predicted molar refractivity (Wildman–Crippen MR) is 304 cm³/mol. The first kappa shape index (κ1) is 43.9. The maximum Gasteiger partial charge on any atom is 0.265 e. The minimum Gasteiger partial charge on any atom is -0.268 e. The molecule has 0 bridgehead atoms. The molecule has 0 aromatic heterocycles. The Balaban J connectivity index is 0.000000142. The topological polar surface area (TPSA) is 103 Å². The quantitative estimate of drug-likeness (QED) is 0.0562. The molecule has 0 atom stereocenters. The van der Waals surface area contributed by atoms with Crippen molar-refractivity contribution in [3.8, 4) is 28.3 Å². The van der Waals surface area contributed by atoms with E-state index in [4.69, 9.17) is 6.57 Å². The van der Waals surface area contributed by atoms with Crippen LogP contribution >= 0.6 is 0 Å². The molecular weight excluding hydrogens is 937 g/mol. The van der Waals surface area contributed by atoms with Gasteiger partial charge in [0, 0.05) is 33.0 Å². The predicted octanol–water partition coefficient (Wildman–Crippen LogP) is 16.0. The smallest absolute Gasteiger partial charge is 0.265 e. The van der Waals surface area contributed by atoms with Crippen molar-refractivity contribution in [3.63, 3.8) is 0 Å². The van der Waals surface area contributed by atoms with Crippen molar-refractivity contribution in [2.24, 2.45) is 0 Å². The third kappa shape index (κ3) is 6.35. The molecular formula is C68H36N4O4. The van der Waals surface area contributed by atoms with Gasteiger partial charge in [-0.1, -0.05) is 158 Å². The Morgan fingerprint density at radius 2 is 0.737 bits per heavy atom. The SMILES string of the molecule is O=C1c2ccc3c4ccc5c6c(ccc(c7ccc(c2c37)C(=O)N1c1ccccc1)c64)C(=O)N(c1ccccc1)C5=O.[C-]#[N+]/C(C#N)=C\c1cc(-c2ccccc2)c2ccc3ccc(-c4ccccc4)c4ccc1c2c34. The summed E-state index contributed by atoms with van der Waals surface area (Å²) in [6.45, 7) is 7.40. The fourth-order valence-corrected chi connectivity index (χ4v) is 11.9. The van der Waals surface area contributed by atoms with E-state index in [2.05, 4.69) is 83.7 Å². The second-order valence-corrected chi connectivity index (χ2v) is 19.1. The molecule has 76 heavy (non-hydrogen) atoms. The summed E-state index contributed by atoms with van der Waals surface area (Å²) in [5.74, 6) is -1.46. The van der Waals surface area contributed by atoms with E-state index in [1.165, 1.54) is 47.9 Å². The van der Waals surface area contributed by atoms with E-state index in [9.17, 15) is 24.4 Å². The molecule has 0 unspecified atom stereocenters. The Bertz CT molecular complexity index is 4480. The van der Waals surface area contributed by atoms with Gasteiger partial charge in [0.15, 0.2) is 0 Å². The maximum absolute atomic E-state index is 13.8. The molecule has 8 heteroatoms. The number of allylic oxidation sites excluding steroid dienone is 1. The van der Waals surface area contributed by atoms with Gasteiger partial charge in [-0.2, -0.15) is 0 Å². The average Bonchev–Trinajstić information content (AvgIpc) is 3.67. The molecule has 0 N–H and O–H groups in total. The summed E-state index contributed by atoms with van der Waals surface area (Å²) < 4.78 is 0. The number of hydrogen-bond donors (Lipinski definition) is 0. The number of para-hydroxylation sites is 2. The fraction of sp³-hybridized carbons (Fsp3) is 0. The lowest BCUT2D eigenvalue weighted by Gasteiger charge is -2.30. The first-order chi connectivity index (χ1) is 37.3. The Morgan fingerprint density at radius 3 is 1.18 bits per heavy atom. The zero-order valence-electron chi connectivity index (χ0n) is 40.2. The van der Waals surface area contributed by atoms with Gasteiger partial charge in [-0.3, -0.25) is 19.2 Å². The summed E-state index contributed by atoms with van der Waals surface area (Å²) in [6.07, 6.45) is 1.71. The van der Waals surface area contributed by atoms with Gasteiger partial charge in [0.05, 0.1) is 24.0 Å². The van der Waals surface area contributed by atoms with Crippen molar-refractivity contribution in [1.29, 1.82) is 5.26 Å². The third-order valence-electron chi connectivity index (χ3n) is 15.2. The van der Waals surface area contributed by atoms with Crippen LogP contribution in [0.3, 0.4) is 0 Å². The van der Waals surface area contributed by atoms with Crippen molar-refractivity contribution in [2.45, 2.75) is 0 Å². The number of hydrogen-bond acceptors (Lipinski definition) is 5. The van der Waals surface area contributed by atoms with Gasteiger partial charge in [-0.15, -0.1) is 0 Å². The first-order valence-corrected chi connectivity index (χ1v) is 24.8. The third-order valence-corrected chi connectivity index (χ3v) is 15.2. The molecule has 4 amide bonds. The van der Waals surface area contributed by atoms with Crippen LogP contribution in [0.1, 0.15) is 47.0 Å². The van der Waals surface area contributed by atoms with Crippen LogP contribution in [-0.4, -0.2) is 23.6 Å². The van der Waals surface area contributed by atoms with Crippen LogP contribution in [0.15, 0.2) is 218 Å². The van der Waals surface area contributed by atoms with Crippen LogP contribution in [0.4, 0.5) is 11.4 Å².